The van der Waals surface area contributed by atoms with Crippen LogP contribution in [0.2, 0.25) is 10.1 Å². The number of nitrogens with two attached hydrogens (primary N) is 2. The van der Waals surface area contributed by atoms with Gasteiger partial charge in [0, 0.05) is 87.8 Å². The van der Waals surface area contributed by atoms with Crippen LogP contribution in [0.5, 0.6) is 0 Å². The summed E-state index contributed by atoms with van der Waals surface area (Å²) in [4.78, 5) is 157. The van der Waals surface area contributed by atoms with Crippen molar-refractivity contribution in [1.29, 1.82) is 0 Å². The van der Waals surface area contributed by atoms with E-state index >= 15 is 4.11 Å². The lowest BCUT2D eigenvalue weighted by Crippen LogP contribution is -2.59. The molecule has 1 saturated carbocycles. The van der Waals surface area contributed by atoms with Gasteiger partial charge in [0.15, 0.2) is 0 Å². The molecule has 0 spiro atoms. The summed E-state index contributed by atoms with van der Waals surface area (Å²) in [6.07, 6.45) is 8.26. The molecule has 2 aromatic carbocycles. The summed E-state index contributed by atoms with van der Waals surface area (Å²) in [5.41, 5.74) is 13.8. The molecule has 0 saturated heterocycles. The zero-order valence-electron chi connectivity index (χ0n) is 58.3. The Kier molecular flexibility index (Phi) is 28.9. The molecule has 1 aliphatic carbocycles. The van der Waals surface area contributed by atoms with Crippen LogP contribution in [0.15, 0.2) is 67.3 Å². The first-order valence-electron chi connectivity index (χ1n) is 33.5. The second-order valence-electron chi connectivity index (χ2n) is 28.3. The van der Waals surface area contributed by atoms with E-state index in [1.807, 2.05) is 73.6 Å². The van der Waals surface area contributed by atoms with Crippen molar-refractivity contribution in [3.05, 3.63) is 84.1 Å². The molecule has 1 fully saturated rings. The number of likely N-dealkylation sites (N-methyl/N-ethyl adjacent to an activating group) is 1. The predicted molar refractivity (Wildman–Crippen MR) is 367 cm³/mol. The number of rotatable bonds is 38. The van der Waals surface area contributed by atoms with Gasteiger partial charge in [-0.15, -0.1) is 0 Å². The number of amides is 11. The molecule has 96 heavy (non-hydrogen) atoms. The highest BCUT2D eigenvalue weighted by atomic mass is 28.4. The number of aryl methyl sites for hydroxylation is 1. The van der Waals surface area contributed by atoms with Crippen molar-refractivity contribution in [2.24, 2.45) is 36.3 Å². The van der Waals surface area contributed by atoms with Crippen molar-refractivity contribution in [3.8, 4) is 0 Å². The number of nitrogens with one attached hydrogen (secondary N) is 9. The van der Waals surface area contributed by atoms with E-state index in [0.717, 1.165) is 34.2 Å². The van der Waals surface area contributed by atoms with Crippen LogP contribution in [0.3, 0.4) is 0 Å². The monoisotopic (exact) mass is 1350 g/mol. The van der Waals surface area contributed by atoms with E-state index in [-0.39, 0.29) is 75.6 Å². The number of H-pyrrole nitrogens is 1. The Labute approximate surface area is 564 Å². The number of unbranched alkanes of at least 4 members (excludes halogenated alkanes) is 1. The molecule has 2 heterocycles. The molecule has 25 nitrogen and oxygen atoms in total. The maximum atomic E-state index is 16.8. The lowest BCUT2D eigenvalue weighted by Gasteiger charge is -2.44. The molecule has 11 amide bonds. The van der Waals surface area contributed by atoms with Gasteiger partial charge in [0.1, 0.15) is 36.3 Å². The zero-order chi connectivity index (χ0) is 71.4. The first-order chi connectivity index (χ1) is 45.0. The molecule has 5 rings (SSSR count). The van der Waals surface area contributed by atoms with Gasteiger partial charge in [-0.1, -0.05) is 131 Å². The van der Waals surface area contributed by atoms with Crippen molar-refractivity contribution in [2.75, 3.05) is 20.1 Å². The maximum Gasteiger partial charge on any atom is 0.288 e. The van der Waals surface area contributed by atoms with E-state index in [1.165, 1.54) is 14.0 Å². The van der Waals surface area contributed by atoms with Gasteiger partial charge in [-0.25, -0.2) is 4.98 Å². The smallest absolute Gasteiger partial charge is 0.288 e. The Bertz CT molecular complexity index is 3340. The molecule has 13 N–H and O–H groups in total. The number of carbonyl (C=O) groups is 11. The maximum absolute atomic E-state index is 16.8. The number of para-hydroxylation sites is 1. The zero-order valence-corrected chi connectivity index (χ0v) is 59.3. The minimum Gasteiger partial charge on any atom is -0.370 e. The summed E-state index contributed by atoms with van der Waals surface area (Å²) in [5, 5.41) is 22.5. The number of aromatic nitrogens is 3. The Morgan fingerprint density at radius 3 is 1.90 bits per heavy atom. The SMILES string of the molecule is CCC(C)C(CCC(=O)N[C@@H](CC1CC1)C(N)=O)NC(=O)[C@H](Cc1cncn1C)NC(=O)CN(C)C(=O)[C@@H](NC(=O)[C@H](C)NC(=O)[C@H](Cc1c[nH]c2ccccc12)NC(=O)[C@H](CCC(N)=O)NC(=O)CCCCNC(=O)Cc1ccc([Si]([19F])(C(C)(C)C)C(C)(C)C)cc1)C(C)C. The minimum absolute atomic E-state index is 0.000285. The number of hydrogen-bond acceptors (Lipinski definition) is 12. The molecule has 2 aromatic heterocycles. The molecule has 8 atom stereocenters. The second-order valence-corrected chi connectivity index (χ2v) is 33.2. The van der Waals surface area contributed by atoms with Gasteiger partial charge in [-0.05, 0) is 89.2 Å². The highest BCUT2D eigenvalue weighted by Crippen LogP contribution is 2.51. The molecule has 0 radical (unpaired) electrons. The van der Waals surface area contributed by atoms with Crippen molar-refractivity contribution in [1.82, 2.24) is 62.0 Å². The number of imidazole rings is 1. The number of primary amides is 2. The van der Waals surface area contributed by atoms with Crippen LogP contribution < -0.4 is 59.2 Å². The number of carbonyl (C=O) groups excluding carboxylic acids is 11. The van der Waals surface area contributed by atoms with E-state index < -0.39 is 126 Å². The van der Waals surface area contributed by atoms with Crippen molar-refractivity contribution < 1.29 is 56.8 Å². The lowest BCUT2D eigenvalue weighted by molar-refractivity contribution is -0.140. The summed E-state index contributed by atoms with van der Waals surface area (Å²) in [6, 6.07) is 6.77. The number of aromatic amines is 1. The lowest BCUT2D eigenvalue weighted by atomic mass is 9.94. The van der Waals surface area contributed by atoms with Crippen LogP contribution in [-0.2, 0) is 79.1 Å². The standard InChI is InChI=1S/C69H105FN14O11Si/c1-14-42(4)50(29-31-58(87)78-53(62(72)90)33-44-22-23-44)80-66(94)55(36-47-38-73-40-84(47)13)79-60(89)39-83(12)67(95)61(41(2)3)82-63(91)43(5)76-65(93)54(35-46-37-75-51-20-16-15-19-49(46)51)81-64(92)52(28-30-56(71)85)77-57(86)21-17-18-32-74-59(88)34-45-24-26-48(27-25-45)96(70,68(6,7)8)69(9,10)11/h15-16,19-20,24-27,37-38,40-44,50,52-55,61,75H,14,17-18,21-23,28-36,39H2,1-13H3,(H2,71,85)(H2,72,90)(H,74,88)(H,76,93)(H,77,86)(H,78,87)(H,79,89)(H,80,94)(H,81,92)(H,82,91)/t42?,43-,50?,52-,53-,54-,55-,61-/m0/s1/i70+0. The number of fused-ring (bicyclic) bond motifs is 1. The second kappa shape index (κ2) is 35.5. The van der Waals surface area contributed by atoms with E-state index in [9.17, 15) is 52.7 Å². The van der Waals surface area contributed by atoms with Crippen molar-refractivity contribution in [2.45, 2.75) is 218 Å². The molecule has 2 unspecified atom stereocenters. The van der Waals surface area contributed by atoms with Crippen LogP contribution in [0.25, 0.3) is 10.9 Å². The average Bonchev–Trinajstić information content (AvgIpc) is 1.04. The van der Waals surface area contributed by atoms with E-state index in [4.69, 9.17) is 11.5 Å². The third kappa shape index (κ3) is 23.1. The fourth-order valence-corrected chi connectivity index (χ4v) is 16.7. The van der Waals surface area contributed by atoms with Crippen LogP contribution in [0.1, 0.15) is 164 Å². The topological polar surface area (TPSA) is 373 Å². The van der Waals surface area contributed by atoms with E-state index in [2.05, 4.69) is 52.5 Å². The van der Waals surface area contributed by atoms with E-state index in [0.29, 0.717) is 48.0 Å². The number of halogens is 1. The van der Waals surface area contributed by atoms with Crippen LogP contribution in [-0.4, -0.2) is 155 Å². The highest BCUT2D eigenvalue weighted by molar-refractivity contribution is 6.90. The summed E-state index contributed by atoms with van der Waals surface area (Å²) >= 11 is 0. The van der Waals surface area contributed by atoms with Crippen molar-refractivity contribution >= 4 is 89.5 Å². The molecule has 4 aromatic rings. The summed E-state index contributed by atoms with van der Waals surface area (Å²) in [7, 11) is -0.372. The number of nitrogens with zero attached hydrogens (tertiary/aromatic N) is 3. The van der Waals surface area contributed by atoms with Gasteiger partial charge in [0.2, 0.25) is 65.0 Å². The molecule has 528 valence electrons. The molecule has 0 aliphatic heterocycles. The Morgan fingerprint density at radius 2 is 1.30 bits per heavy atom. The van der Waals surface area contributed by atoms with Gasteiger partial charge < -0.3 is 72.6 Å². The van der Waals surface area contributed by atoms with Crippen LogP contribution in [0.4, 0.5) is 4.11 Å². The highest BCUT2D eigenvalue weighted by Gasteiger charge is 2.56. The normalized spacial score (nSPS) is 15.1. The third-order valence-electron chi connectivity index (χ3n) is 18.0. The van der Waals surface area contributed by atoms with Gasteiger partial charge in [0.05, 0.1) is 19.3 Å². The van der Waals surface area contributed by atoms with Gasteiger partial charge in [0.25, 0.3) is 8.41 Å². The largest absolute Gasteiger partial charge is 0.370 e. The average molecular weight is 1350 g/mol. The molecular weight excluding hydrogens is 1250 g/mol. The van der Waals surface area contributed by atoms with Gasteiger partial charge in [-0.2, -0.15) is 0 Å². The fraction of sp³-hybridized carbons (Fsp3) is 0.594. The van der Waals surface area contributed by atoms with E-state index in [1.54, 1.807) is 74.5 Å². The van der Waals surface area contributed by atoms with Gasteiger partial charge >= 0.3 is 0 Å². The third-order valence-corrected chi connectivity index (χ3v) is 23.3. The first-order valence-corrected chi connectivity index (χ1v) is 35.4. The Morgan fingerprint density at radius 1 is 0.698 bits per heavy atom. The number of hydrogen-bond donors (Lipinski definition) is 11. The Hall–Kier alpha value is -8.49. The first kappa shape index (κ1) is 78.2. The summed E-state index contributed by atoms with van der Waals surface area (Å²) in [6.45, 7) is 19.9. The molecule has 0 bridgehead atoms. The molecular formula is C69H105FN14O11Si. The molecule has 1 aliphatic rings. The minimum atomic E-state index is -3.48. The molecule has 27 heteroatoms. The van der Waals surface area contributed by atoms with Crippen LogP contribution in [0, 0.1) is 17.8 Å². The van der Waals surface area contributed by atoms with Gasteiger partial charge in [-0.3, -0.25) is 52.7 Å². The quantitative estimate of drug-likeness (QED) is 0.0173. The summed E-state index contributed by atoms with van der Waals surface area (Å²) in [5.74, 6) is -7.10. The van der Waals surface area contributed by atoms with Crippen LogP contribution >= 0.6 is 0 Å². The summed E-state index contributed by atoms with van der Waals surface area (Å²) < 4.78 is 18.5. The Balaban J connectivity index is 1.20. The fourth-order valence-electron chi connectivity index (χ4n) is 12.0. The number of benzene rings is 2. The van der Waals surface area contributed by atoms with Crippen molar-refractivity contribution in [3.63, 3.8) is 0 Å². The predicted octanol–water partition coefficient (Wildman–Crippen LogP) is 3.84.